The maximum atomic E-state index is 13.5. The number of aliphatic hydroxyl groups is 1. The van der Waals surface area contributed by atoms with Crippen LogP contribution in [0.1, 0.15) is 30.4 Å². The first-order valence-electron chi connectivity index (χ1n) is 5.18. The lowest BCUT2D eigenvalue weighted by Crippen LogP contribution is -2.21. The Labute approximate surface area is 89.9 Å². The summed E-state index contributed by atoms with van der Waals surface area (Å²) in [6.07, 6.45) is -0.0584. The number of benzene rings is 1. The van der Waals surface area contributed by atoms with Gasteiger partial charge in [0.2, 0.25) is 0 Å². The summed E-state index contributed by atoms with van der Waals surface area (Å²) < 4.78 is 13.5. The zero-order valence-electron chi connectivity index (χ0n) is 9.20. The van der Waals surface area contributed by atoms with E-state index in [4.69, 9.17) is 5.73 Å². The van der Waals surface area contributed by atoms with Crippen LogP contribution in [-0.4, -0.2) is 17.8 Å². The molecule has 0 aliphatic rings. The Morgan fingerprint density at radius 3 is 2.67 bits per heavy atom. The van der Waals surface area contributed by atoms with Gasteiger partial charge in [0.25, 0.3) is 0 Å². The van der Waals surface area contributed by atoms with Crippen LogP contribution in [0.25, 0.3) is 0 Å². The second kappa shape index (κ2) is 5.24. The summed E-state index contributed by atoms with van der Waals surface area (Å²) in [5.74, 6) is -0.212. The van der Waals surface area contributed by atoms with Gasteiger partial charge in [0.15, 0.2) is 0 Å². The van der Waals surface area contributed by atoms with Crippen molar-refractivity contribution in [3.05, 3.63) is 35.1 Å². The van der Waals surface area contributed by atoms with Crippen LogP contribution in [0.3, 0.4) is 0 Å². The van der Waals surface area contributed by atoms with Crippen molar-refractivity contribution in [2.45, 2.75) is 32.3 Å². The Bertz CT molecular complexity index is 327. The van der Waals surface area contributed by atoms with Gasteiger partial charge < -0.3 is 10.8 Å². The van der Waals surface area contributed by atoms with Gasteiger partial charge in [-0.3, -0.25) is 0 Å². The molecule has 0 saturated heterocycles. The molecule has 0 aliphatic heterocycles. The quantitative estimate of drug-likeness (QED) is 0.799. The molecule has 2 unspecified atom stereocenters. The molecular formula is C12H18FNO. The standard InChI is InChI=1S/C12H18FNO/c1-8-3-4-11(12(13)5-8)9(2)6-10(15)7-14/h3-5,9-10,15H,6-7,14H2,1-2H3. The summed E-state index contributed by atoms with van der Waals surface area (Å²) in [5.41, 5.74) is 6.87. The van der Waals surface area contributed by atoms with E-state index in [0.717, 1.165) is 5.56 Å². The van der Waals surface area contributed by atoms with Crippen LogP contribution in [0.5, 0.6) is 0 Å². The van der Waals surface area contributed by atoms with E-state index >= 15 is 0 Å². The van der Waals surface area contributed by atoms with Crippen LogP contribution in [-0.2, 0) is 0 Å². The van der Waals surface area contributed by atoms with Crippen LogP contribution < -0.4 is 5.73 Å². The number of halogens is 1. The lowest BCUT2D eigenvalue weighted by atomic mass is 9.94. The van der Waals surface area contributed by atoms with Gasteiger partial charge in [-0.15, -0.1) is 0 Å². The van der Waals surface area contributed by atoms with Crippen molar-refractivity contribution in [3.8, 4) is 0 Å². The first kappa shape index (κ1) is 12.1. The topological polar surface area (TPSA) is 46.2 Å². The van der Waals surface area contributed by atoms with Gasteiger partial charge in [0.05, 0.1) is 6.10 Å². The molecule has 84 valence electrons. The van der Waals surface area contributed by atoms with E-state index in [0.29, 0.717) is 12.0 Å². The molecular weight excluding hydrogens is 193 g/mol. The normalized spacial score (nSPS) is 15.0. The van der Waals surface area contributed by atoms with Crippen molar-refractivity contribution >= 4 is 0 Å². The van der Waals surface area contributed by atoms with Gasteiger partial charge in [-0.2, -0.15) is 0 Å². The van der Waals surface area contributed by atoms with E-state index in [1.807, 2.05) is 19.9 Å². The van der Waals surface area contributed by atoms with Crippen LogP contribution in [0.2, 0.25) is 0 Å². The minimum atomic E-state index is -0.555. The number of nitrogens with two attached hydrogens (primary N) is 1. The van der Waals surface area contributed by atoms with Crippen LogP contribution in [0.4, 0.5) is 4.39 Å². The van der Waals surface area contributed by atoms with E-state index < -0.39 is 6.10 Å². The zero-order chi connectivity index (χ0) is 11.4. The van der Waals surface area contributed by atoms with Gasteiger partial charge in [0.1, 0.15) is 5.82 Å². The maximum absolute atomic E-state index is 13.5. The van der Waals surface area contributed by atoms with Crippen molar-refractivity contribution in [2.24, 2.45) is 5.73 Å². The van der Waals surface area contributed by atoms with Crippen molar-refractivity contribution in [1.29, 1.82) is 0 Å². The molecule has 1 aromatic rings. The number of aliphatic hydroxyl groups excluding tert-OH is 1. The Kier molecular flexibility index (Phi) is 4.24. The van der Waals surface area contributed by atoms with Gasteiger partial charge in [-0.1, -0.05) is 19.1 Å². The predicted molar refractivity (Wildman–Crippen MR) is 59.2 cm³/mol. The Balaban J connectivity index is 2.77. The minimum Gasteiger partial charge on any atom is -0.392 e. The van der Waals surface area contributed by atoms with Crippen molar-refractivity contribution in [2.75, 3.05) is 6.54 Å². The highest BCUT2D eigenvalue weighted by atomic mass is 19.1. The molecule has 0 bridgehead atoms. The molecule has 15 heavy (non-hydrogen) atoms. The summed E-state index contributed by atoms with van der Waals surface area (Å²) in [7, 11) is 0. The molecule has 0 spiro atoms. The zero-order valence-corrected chi connectivity index (χ0v) is 9.20. The highest BCUT2D eigenvalue weighted by Gasteiger charge is 2.14. The van der Waals surface area contributed by atoms with Gasteiger partial charge >= 0.3 is 0 Å². The Hall–Kier alpha value is -0.930. The summed E-state index contributed by atoms with van der Waals surface area (Å²) in [6.45, 7) is 3.97. The first-order chi connectivity index (χ1) is 7.04. The predicted octanol–water partition coefficient (Wildman–Crippen LogP) is 1.95. The second-order valence-electron chi connectivity index (χ2n) is 4.05. The third-order valence-electron chi connectivity index (χ3n) is 2.58. The Morgan fingerprint density at radius 1 is 1.47 bits per heavy atom. The largest absolute Gasteiger partial charge is 0.392 e. The second-order valence-corrected chi connectivity index (χ2v) is 4.05. The number of rotatable bonds is 4. The highest BCUT2D eigenvalue weighted by Crippen LogP contribution is 2.23. The summed E-state index contributed by atoms with van der Waals surface area (Å²) in [5, 5.41) is 9.39. The monoisotopic (exact) mass is 211 g/mol. The van der Waals surface area contributed by atoms with Gasteiger partial charge in [0, 0.05) is 6.54 Å². The molecule has 1 aromatic carbocycles. The van der Waals surface area contributed by atoms with E-state index in [1.54, 1.807) is 6.07 Å². The smallest absolute Gasteiger partial charge is 0.126 e. The van der Waals surface area contributed by atoms with Crippen LogP contribution >= 0.6 is 0 Å². The molecule has 0 fully saturated rings. The fourth-order valence-electron chi connectivity index (χ4n) is 1.66. The fraction of sp³-hybridized carbons (Fsp3) is 0.500. The van der Waals surface area contributed by atoms with Crippen molar-refractivity contribution < 1.29 is 9.50 Å². The van der Waals surface area contributed by atoms with Crippen LogP contribution in [0, 0.1) is 12.7 Å². The fourth-order valence-corrected chi connectivity index (χ4v) is 1.66. The number of hydrogen-bond acceptors (Lipinski definition) is 2. The molecule has 1 rings (SSSR count). The molecule has 3 N–H and O–H groups in total. The molecule has 0 amide bonds. The molecule has 0 aromatic heterocycles. The van der Waals surface area contributed by atoms with Crippen LogP contribution in [0.15, 0.2) is 18.2 Å². The van der Waals surface area contributed by atoms with Crippen molar-refractivity contribution in [3.63, 3.8) is 0 Å². The highest BCUT2D eigenvalue weighted by molar-refractivity contribution is 5.26. The molecule has 2 atom stereocenters. The SMILES string of the molecule is Cc1ccc(C(C)CC(O)CN)c(F)c1. The van der Waals surface area contributed by atoms with E-state index in [2.05, 4.69) is 0 Å². The average Bonchev–Trinajstić information content (AvgIpc) is 2.17. The molecule has 0 heterocycles. The Morgan fingerprint density at radius 2 is 2.13 bits per heavy atom. The molecule has 3 heteroatoms. The third kappa shape index (κ3) is 3.29. The average molecular weight is 211 g/mol. The molecule has 2 nitrogen and oxygen atoms in total. The molecule has 0 aliphatic carbocycles. The lowest BCUT2D eigenvalue weighted by molar-refractivity contribution is 0.164. The van der Waals surface area contributed by atoms with E-state index in [-0.39, 0.29) is 18.3 Å². The third-order valence-corrected chi connectivity index (χ3v) is 2.58. The number of hydrogen-bond donors (Lipinski definition) is 2. The molecule has 0 saturated carbocycles. The van der Waals surface area contributed by atoms with Gasteiger partial charge in [-0.25, -0.2) is 4.39 Å². The number of aryl methyl sites for hydroxylation is 1. The van der Waals surface area contributed by atoms with Crippen molar-refractivity contribution in [1.82, 2.24) is 0 Å². The lowest BCUT2D eigenvalue weighted by Gasteiger charge is -2.16. The van der Waals surface area contributed by atoms with E-state index in [9.17, 15) is 9.50 Å². The maximum Gasteiger partial charge on any atom is 0.126 e. The minimum absolute atomic E-state index is 0.0100. The summed E-state index contributed by atoms with van der Waals surface area (Å²) in [6, 6.07) is 5.17. The summed E-state index contributed by atoms with van der Waals surface area (Å²) >= 11 is 0. The van der Waals surface area contributed by atoms with Gasteiger partial charge in [-0.05, 0) is 36.5 Å². The first-order valence-corrected chi connectivity index (χ1v) is 5.18. The summed E-state index contributed by atoms with van der Waals surface area (Å²) in [4.78, 5) is 0. The van der Waals surface area contributed by atoms with E-state index in [1.165, 1.54) is 6.07 Å². The molecule has 0 radical (unpaired) electrons.